The van der Waals surface area contributed by atoms with Gasteiger partial charge in [-0.05, 0) is 23.8 Å². The van der Waals surface area contributed by atoms with Crippen molar-refractivity contribution in [1.82, 2.24) is 10.3 Å². The highest BCUT2D eigenvalue weighted by atomic mass is 35.5. The Kier molecular flexibility index (Phi) is 4.16. The van der Waals surface area contributed by atoms with Gasteiger partial charge in [-0.2, -0.15) is 0 Å². The van der Waals surface area contributed by atoms with E-state index >= 15 is 0 Å². The molecule has 0 radical (unpaired) electrons. The maximum Gasteiger partial charge on any atom is 0.0765 e. The number of halogens is 1. The minimum Gasteiger partial charge on any atom is -0.329 e. The molecule has 1 aromatic carbocycles. The molecule has 0 fully saturated rings. The van der Waals surface area contributed by atoms with Gasteiger partial charge in [-0.1, -0.05) is 23.6 Å². The fourth-order valence-corrected chi connectivity index (χ4v) is 2.16. The number of nitrogens with zero attached hydrogens (tertiary/aromatic N) is 1. The number of fused-ring (bicyclic) bond motifs is 1. The van der Waals surface area contributed by atoms with Gasteiger partial charge < -0.3 is 5.73 Å². The predicted molar refractivity (Wildman–Crippen MR) is 75.4 cm³/mol. The first-order valence-electron chi connectivity index (χ1n) is 5.68. The number of nitrogens with two attached hydrogens (primary N) is 1. The third-order valence-corrected chi connectivity index (χ3v) is 3.14. The first-order chi connectivity index (χ1) is 8.77. The molecule has 3 N–H and O–H groups in total. The highest BCUT2D eigenvalue weighted by molar-refractivity contribution is 6.35. The van der Waals surface area contributed by atoms with Crippen molar-refractivity contribution < 1.29 is 0 Å². The van der Waals surface area contributed by atoms with Crippen molar-refractivity contribution in [1.29, 1.82) is 0 Å². The number of pyridine rings is 1. The van der Waals surface area contributed by atoms with Gasteiger partial charge in [0.2, 0.25) is 0 Å². The second-order valence-electron chi connectivity index (χ2n) is 3.91. The Labute approximate surface area is 111 Å². The monoisotopic (exact) mass is 259 g/mol. The summed E-state index contributed by atoms with van der Waals surface area (Å²) in [4.78, 5) is 4.39. The van der Waals surface area contributed by atoms with Crippen LogP contribution in [0.4, 0.5) is 0 Å². The molecule has 0 spiro atoms. The number of terminal acetylenes is 1. The van der Waals surface area contributed by atoms with Crippen molar-refractivity contribution in [2.75, 3.05) is 13.1 Å². The van der Waals surface area contributed by atoms with Gasteiger partial charge in [-0.3, -0.25) is 10.3 Å². The van der Waals surface area contributed by atoms with Crippen LogP contribution >= 0.6 is 11.6 Å². The molecule has 1 aromatic heterocycles. The fourth-order valence-electron chi connectivity index (χ4n) is 1.94. The van der Waals surface area contributed by atoms with E-state index in [0.29, 0.717) is 18.1 Å². The van der Waals surface area contributed by atoms with E-state index in [1.165, 1.54) is 0 Å². The average Bonchev–Trinajstić information content (AvgIpc) is 2.42. The Balaban J connectivity index is 2.50. The summed E-state index contributed by atoms with van der Waals surface area (Å²) in [5.74, 6) is 2.55. The van der Waals surface area contributed by atoms with Crippen molar-refractivity contribution in [3.8, 4) is 12.3 Å². The number of hydrogen-bond donors (Lipinski definition) is 2. The molecule has 2 aromatic rings. The van der Waals surface area contributed by atoms with Crippen molar-refractivity contribution >= 4 is 22.5 Å². The van der Waals surface area contributed by atoms with Crippen molar-refractivity contribution in [2.45, 2.75) is 6.04 Å². The summed E-state index contributed by atoms with van der Waals surface area (Å²) in [6.45, 7) is 0.924. The van der Waals surface area contributed by atoms with Gasteiger partial charge in [0.25, 0.3) is 0 Å². The zero-order valence-corrected chi connectivity index (χ0v) is 10.6. The summed E-state index contributed by atoms with van der Waals surface area (Å²) in [5.41, 5.74) is 7.67. The molecule has 0 saturated heterocycles. The van der Waals surface area contributed by atoms with E-state index < -0.39 is 0 Å². The number of aromatic nitrogens is 1. The van der Waals surface area contributed by atoms with Crippen LogP contribution in [0, 0.1) is 12.3 Å². The van der Waals surface area contributed by atoms with Crippen LogP contribution in [-0.2, 0) is 0 Å². The molecule has 0 saturated carbocycles. The van der Waals surface area contributed by atoms with E-state index in [1.54, 1.807) is 6.20 Å². The summed E-state index contributed by atoms with van der Waals surface area (Å²) in [6, 6.07) is 7.60. The molecule has 0 aliphatic carbocycles. The standard InChI is InChI=1S/C14H14ClN3/c1-2-7-17-13(9-16)11-5-6-12(15)10-4-3-8-18-14(10)11/h1,3-6,8,13,17H,7,9,16H2. The second kappa shape index (κ2) is 5.83. The Hall–Kier alpha value is -1.60. The molecule has 0 aliphatic rings. The van der Waals surface area contributed by atoms with E-state index in [4.69, 9.17) is 23.8 Å². The Bertz CT molecular complexity index is 589. The lowest BCUT2D eigenvalue weighted by atomic mass is 10.0. The van der Waals surface area contributed by atoms with Gasteiger partial charge in [0.05, 0.1) is 12.1 Å². The van der Waals surface area contributed by atoms with Gasteiger partial charge in [0.15, 0.2) is 0 Å². The molecule has 1 atom stereocenters. The van der Waals surface area contributed by atoms with E-state index in [9.17, 15) is 0 Å². The molecule has 1 heterocycles. The first kappa shape index (κ1) is 12.8. The lowest BCUT2D eigenvalue weighted by Crippen LogP contribution is -2.28. The third-order valence-electron chi connectivity index (χ3n) is 2.81. The van der Waals surface area contributed by atoms with Gasteiger partial charge in [-0.25, -0.2) is 0 Å². The van der Waals surface area contributed by atoms with E-state index in [2.05, 4.69) is 16.2 Å². The SMILES string of the molecule is C#CCNC(CN)c1ccc(Cl)c2cccnc12. The number of hydrogen-bond acceptors (Lipinski definition) is 3. The summed E-state index contributed by atoms with van der Waals surface area (Å²) in [5, 5.41) is 4.82. The lowest BCUT2D eigenvalue weighted by molar-refractivity contribution is 0.585. The largest absolute Gasteiger partial charge is 0.329 e. The Morgan fingerprint density at radius 2 is 2.28 bits per heavy atom. The maximum atomic E-state index is 6.16. The van der Waals surface area contributed by atoms with Crippen LogP contribution in [0.1, 0.15) is 11.6 Å². The van der Waals surface area contributed by atoms with Crippen LogP contribution in [0.3, 0.4) is 0 Å². The third kappa shape index (κ3) is 2.46. The fraction of sp³-hybridized carbons (Fsp3) is 0.214. The van der Waals surface area contributed by atoms with Crippen LogP contribution in [0.5, 0.6) is 0 Å². The number of benzene rings is 1. The topological polar surface area (TPSA) is 50.9 Å². The second-order valence-corrected chi connectivity index (χ2v) is 4.32. The summed E-state index contributed by atoms with van der Waals surface area (Å²) < 4.78 is 0. The molecule has 0 aliphatic heterocycles. The Morgan fingerprint density at radius 3 is 3.00 bits per heavy atom. The Morgan fingerprint density at radius 1 is 1.44 bits per heavy atom. The zero-order chi connectivity index (χ0) is 13.0. The molecule has 0 bridgehead atoms. The molecule has 4 heteroatoms. The maximum absolute atomic E-state index is 6.16. The van der Waals surface area contributed by atoms with Crippen LogP contribution in [0.2, 0.25) is 5.02 Å². The van der Waals surface area contributed by atoms with Gasteiger partial charge in [0.1, 0.15) is 0 Å². The number of rotatable bonds is 4. The summed E-state index contributed by atoms with van der Waals surface area (Å²) in [6.07, 6.45) is 7.00. The van der Waals surface area contributed by atoms with Gasteiger partial charge >= 0.3 is 0 Å². The lowest BCUT2D eigenvalue weighted by Gasteiger charge is -2.17. The van der Waals surface area contributed by atoms with Crippen molar-refractivity contribution in [3.05, 3.63) is 41.0 Å². The molecule has 92 valence electrons. The molecular weight excluding hydrogens is 246 g/mol. The van der Waals surface area contributed by atoms with Crippen molar-refractivity contribution in [3.63, 3.8) is 0 Å². The van der Waals surface area contributed by atoms with Crippen molar-refractivity contribution in [2.24, 2.45) is 5.73 Å². The van der Waals surface area contributed by atoms with E-state index in [1.807, 2.05) is 24.3 Å². The molecule has 3 nitrogen and oxygen atoms in total. The van der Waals surface area contributed by atoms with Crippen LogP contribution in [-0.4, -0.2) is 18.1 Å². The predicted octanol–water partition coefficient (Wildman–Crippen LogP) is 2.11. The molecule has 0 amide bonds. The first-order valence-corrected chi connectivity index (χ1v) is 6.05. The smallest absolute Gasteiger partial charge is 0.0765 e. The highest BCUT2D eigenvalue weighted by Gasteiger charge is 2.14. The minimum atomic E-state index is -0.0179. The van der Waals surface area contributed by atoms with E-state index in [0.717, 1.165) is 16.5 Å². The average molecular weight is 260 g/mol. The quantitative estimate of drug-likeness (QED) is 0.827. The van der Waals surface area contributed by atoms with Crippen LogP contribution in [0.25, 0.3) is 10.9 Å². The van der Waals surface area contributed by atoms with Gasteiger partial charge in [-0.15, -0.1) is 6.42 Å². The van der Waals surface area contributed by atoms with Crippen LogP contribution in [0.15, 0.2) is 30.5 Å². The zero-order valence-electron chi connectivity index (χ0n) is 9.86. The summed E-state index contributed by atoms with van der Waals surface area (Å²) in [7, 11) is 0. The highest BCUT2D eigenvalue weighted by Crippen LogP contribution is 2.27. The molecule has 18 heavy (non-hydrogen) atoms. The molecular formula is C14H14ClN3. The van der Waals surface area contributed by atoms with Crippen LogP contribution < -0.4 is 11.1 Å². The number of nitrogens with one attached hydrogen (secondary N) is 1. The molecule has 2 rings (SSSR count). The normalized spacial score (nSPS) is 12.3. The summed E-state index contributed by atoms with van der Waals surface area (Å²) >= 11 is 6.16. The van der Waals surface area contributed by atoms with E-state index in [-0.39, 0.29) is 6.04 Å². The van der Waals surface area contributed by atoms with Gasteiger partial charge in [0, 0.05) is 29.2 Å². The minimum absolute atomic E-state index is 0.0179. The molecule has 1 unspecified atom stereocenters.